The average molecular weight is 199 g/mol. The minimum Gasteiger partial charge on any atom is -0.545 e. The Hall–Kier alpha value is -0.970. The van der Waals surface area contributed by atoms with E-state index in [1.807, 2.05) is 0 Å². The fraction of sp³-hybridized carbons (Fsp3) is 0. The molecule has 0 aromatic heterocycles. The van der Waals surface area contributed by atoms with Crippen molar-refractivity contribution < 1.29 is 44.3 Å². The van der Waals surface area contributed by atoms with E-state index in [-0.39, 0.29) is 35.1 Å². The molecule has 1 aromatic carbocycles. The van der Waals surface area contributed by atoms with Gasteiger partial charge in [0.2, 0.25) is 0 Å². The van der Waals surface area contributed by atoms with E-state index < -0.39 is 5.97 Å². The summed E-state index contributed by atoms with van der Waals surface area (Å²) in [7, 11) is 0. The number of fused-ring (bicyclic) bond motifs is 1. The van der Waals surface area contributed by atoms with Crippen LogP contribution in [-0.2, 0) is 0 Å². The van der Waals surface area contributed by atoms with E-state index in [1.54, 1.807) is 18.3 Å². The van der Waals surface area contributed by atoms with E-state index in [0.717, 1.165) is 5.56 Å². The van der Waals surface area contributed by atoms with Crippen molar-refractivity contribution in [3.63, 3.8) is 0 Å². The van der Waals surface area contributed by atoms with Crippen LogP contribution in [0.15, 0.2) is 24.4 Å². The molecule has 0 aliphatic carbocycles. The molecule has 5 heteroatoms. The number of hydrogen-bond donors (Lipinski definition) is 1. The predicted molar refractivity (Wildman–Crippen MR) is 43.6 cm³/mol. The molecule has 0 amide bonds. The molecule has 1 aliphatic heterocycles. The minimum absolute atomic E-state index is 0. The number of aromatic carboxylic acids is 1. The van der Waals surface area contributed by atoms with Gasteiger partial charge < -0.3 is 14.7 Å². The maximum atomic E-state index is 10.5. The molecular weight excluding hydrogens is 193 g/mol. The summed E-state index contributed by atoms with van der Waals surface area (Å²) in [5.74, 6) is -0.581. The first-order valence-corrected chi connectivity index (χ1v) is 3.72. The van der Waals surface area contributed by atoms with Gasteiger partial charge in [0.15, 0.2) is 5.75 Å². The Morgan fingerprint density at radius 2 is 2.21 bits per heavy atom. The number of carboxylic acid groups (broad SMARTS) is 1. The molecule has 4 nitrogen and oxygen atoms in total. The third kappa shape index (κ3) is 2.09. The van der Waals surface area contributed by atoms with Crippen molar-refractivity contribution in [2.75, 3.05) is 0 Å². The molecule has 1 aliphatic rings. The first kappa shape index (κ1) is 11.1. The zero-order valence-corrected chi connectivity index (χ0v) is 9.61. The van der Waals surface area contributed by atoms with Gasteiger partial charge in [0.05, 0.1) is 5.97 Å². The predicted octanol–water partition coefficient (Wildman–Crippen LogP) is -3.08. The van der Waals surface area contributed by atoms with Gasteiger partial charge in [-0.15, -0.1) is 0 Å². The van der Waals surface area contributed by atoms with Crippen LogP contribution in [0, 0.1) is 0 Å². The Balaban J connectivity index is 0.000000980. The van der Waals surface area contributed by atoms with Gasteiger partial charge in [0.1, 0.15) is 0 Å². The fourth-order valence-corrected chi connectivity index (χ4v) is 1.12. The molecule has 0 unspecified atom stereocenters. The van der Waals surface area contributed by atoms with Crippen molar-refractivity contribution in [2.24, 2.45) is 0 Å². The van der Waals surface area contributed by atoms with Gasteiger partial charge in [-0.2, -0.15) is 0 Å². The number of hydroxylamine groups is 1. The Kier molecular flexibility index (Phi) is 3.57. The minimum atomic E-state index is -1.19. The topological polar surface area (TPSA) is 61.4 Å². The maximum Gasteiger partial charge on any atom is 1.00 e. The van der Waals surface area contributed by atoms with E-state index in [1.165, 1.54) is 12.1 Å². The van der Waals surface area contributed by atoms with Crippen LogP contribution in [0.5, 0.6) is 5.75 Å². The van der Waals surface area contributed by atoms with E-state index in [4.69, 9.17) is 4.84 Å². The van der Waals surface area contributed by atoms with Crippen molar-refractivity contribution in [1.82, 2.24) is 5.48 Å². The molecule has 2 rings (SSSR count). The number of rotatable bonds is 1. The third-order valence-electron chi connectivity index (χ3n) is 1.75. The van der Waals surface area contributed by atoms with Crippen molar-refractivity contribution in [3.05, 3.63) is 35.5 Å². The monoisotopic (exact) mass is 199 g/mol. The Labute approximate surface area is 103 Å². The van der Waals surface area contributed by atoms with Crippen molar-refractivity contribution in [1.29, 1.82) is 0 Å². The van der Waals surface area contributed by atoms with Crippen molar-refractivity contribution in [3.8, 4) is 5.75 Å². The van der Waals surface area contributed by atoms with E-state index in [9.17, 15) is 9.90 Å². The second-order valence-electron chi connectivity index (χ2n) is 2.59. The molecule has 0 radical (unpaired) electrons. The van der Waals surface area contributed by atoms with Crippen LogP contribution >= 0.6 is 0 Å². The van der Waals surface area contributed by atoms with Crippen LogP contribution in [0.4, 0.5) is 0 Å². The molecular formula is C9H6NNaO3. The second kappa shape index (κ2) is 4.50. The van der Waals surface area contributed by atoms with Crippen LogP contribution < -0.4 is 45.0 Å². The quantitative estimate of drug-likeness (QED) is 0.487. The molecule has 0 saturated carbocycles. The Morgan fingerprint density at radius 1 is 1.43 bits per heavy atom. The fourth-order valence-electron chi connectivity index (χ4n) is 1.12. The molecule has 1 aromatic rings. The van der Waals surface area contributed by atoms with Crippen molar-refractivity contribution >= 4 is 12.0 Å². The van der Waals surface area contributed by atoms with Gasteiger partial charge in [-0.25, -0.2) is 5.48 Å². The first-order chi connectivity index (χ1) is 6.27. The summed E-state index contributed by atoms with van der Waals surface area (Å²) >= 11 is 0. The normalized spacial score (nSPS) is 11.7. The third-order valence-corrected chi connectivity index (χ3v) is 1.75. The molecule has 0 fully saturated rings. The molecule has 0 bridgehead atoms. The zero-order valence-electron chi connectivity index (χ0n) is 7.61. The summed E-state index contributed by atoms with van der Waals surface area (Å²) in [6, 6.07) is 4.52. The SMILES string of the molecule is O=C([O-])c1ccc2c(c1)C=CNO2.[Na+]. The molecule has 14 heavy (non-hydrogen) atoms. The maximum absolute atomic E-state index is 10.5. The second-order valence-corrected chi connectivity index (χ2v) is 2.59. The summed E-state index contributed by atoms with van der Waals surface area (Å²) in [6.07, 6.45) is 3.31. The smallest absolute Gasteiger partial charge is 0.545 e. The molecule has 0 spiro atoms. The molecule has 0 saturated heterocycles. The summed E-state index contributed by atoms with van der Waals surface area (Å²) in [4.78, 5) is 15.5. The van der Waals surface area contributed by atoms with E-state index in [0.29, 0.717) is 5.75 Å². The molecule has 1 heterocycles. The van der Waals surface area contributed by atoms with E-state index >= 15 is 0 Å². The van der Waals surface area contributed by atoms with Crippen molar-refractivity contribution in [2.45, 2.75) is 0 Å². The molecule has 66 valence electrons. The van der Waals surface area contributed by atoms with Gasteiger partial charge in [-0.1, -0.05) is 0 Å². The average Bonchev–Trinajstić information content (AvgIpc) is 2.17. The van der Waals surface area contributed by atoms with Crippen LogP contribution in [0.2, 0.25) is 0 Å². The number of carbonyl (C=O) groups is 1. The Morgan fingerprint density at radius 3 is 2.93 bits per heavy atom. The van der Waals surface area contributed by atoms with Gasteiger partial charge in [-0.3, -0.25) is 0 Å². The number of benzene rings is 1. The van der Waals surface area contributed by atoms with Crippen LogP contribution in [0.3, 0.4) is 0 Å². The van der Waals surface area contributed by atoms with Gasteiger partial charge in [0.25, 0.3) is 0 Å². The number of hydrogen-bond acceptors (Lipinski definition) is 4. The summed E-state index contributed by atoms with van der Waals surface area (Å²) < 4.78 is 0. The number of nitrogens with one attached hydrogen (secondary N) is 1. The number of carboxylic acids is 1. The summed E-state index contributed by atoms with van der Waals surface area (Å²) in [6.45, 7) is 0. The Bertz CT molecular complexity index is 390. The van der Waals surface area contributed by atoms with Crippen LogP contribution in [0.1, 0.15) is 15.9 Å². The van der Waals surface area contributed by atoms with Gasteiger partial charge >= 0.3 is 29.6 Å². The van der Waals surface area contributed by atoms with Gasteiger partial charge in [-0.05, 0) is 29.8 Å². The summed E-state index contributed by atoms with van der Waals surface area (Å²) in [5, 5.41) is 10.5. The van der Waals surface area contributed by atoms with E-state index in [2.05, 4.69) is 5.48 Å². The zero-order chi connectivity index (χ0) is 9.26. The van der Waals surface area contributed by atoms with Crippen LogP contribution in [-0.4, -0.2) is 5.97 Å². The summed E-state index contributed by atoms with van der Waals surface area (Å²) in [5.41, 5.74) is 3.42. The van der Waals surface area contributed by atoms with Gasteiger partial charge in [0, 0.05) is 11.8 Å². The number of carbonyl (C=O) groups excluding carboxylic acids is 1. The first-order valence-electron chi connectivity index (χ1n) is 3.72. The largest absolute Gasteiger partial charge is 1.00 e. The molecule has 1 N–H and O–H groups in total. The van der Waals surface area contributed by atoms with Crippen LogP contribution in [0.25, 0.3) is 6.08 Å². The molecule has 0 atom stereocenters. The standard InChI is InChI=1S/C9H7NO3.Na/c11-9(12)7-1-2-8-6(5-7)3-4-10-13-8;/h1-5,10H,(H,11,12);/q;+1/p-1.